The molecular formula is C18H24AuCl2N3O4-2. The van der Waals surface area contributed by atoms with Gasteiger partial charge in [0.05, 0.1) is 28.2 Å². The number of hydrogen-bond donors (Lipinski definition) is 0. The molecule has 0 heterocycles. The molecule has 0 bridgehead atoms. The van der Waals surface area contributed by atoms with Crippen molar-refractivity contribution < 1.29 is 31.9 Å². The van der Waals surface area contributed by atoms with E-state index in [1.165, 1.54) is 12.1 Å². The molecule has 0 aliphatic carbocycles. The zero-order valence-electron chi connectivity index (χ0n) is 16.5. The van der Waals surface area contributed by atoms with Gasteiger partial charge in [0.2, 0.25) is 0 Å². The van der Waals surface area contributed by atoms with Crippen molar-refractivity contribution in [1.29, 1.82) is 0 Å². The van der Waals surface area contributed by atoms with E-state index in [1.807, 2.05) is 0 Å². The average Bonchev–Trinajstić information content (AvgIpc) is 2.54. The molecule has 0 spiro atoms. The Kier molecular flexibility index (Phi) is 15.8. The summed E-state index contributed by atoms with van der Waals surface area (Å²) in [7, 11) is 18.2. The predicted octanol–water partition coefficient (Wildman–Crippen LogP) is 5.11. The number of aryl methyl sites for hydroxylation is 2. The molecule has 2 aromatic rings. The summed E-state index contributed by atoms with van der Waals surface area (Å²) in [6, 6.07) is 14.9. The van der Waals surface area contributed by atoms with Crippen LogP contribution in [-0.4, -0.2) is 42.5 Å². The van der Waals surface area contributed by atoms with Gasteiger partial charge in [0.25, 0.3) is 0 Å². The molecule has 0 unspecified atom stereocenters. The van der Waals surface area contributed by atoms with E-state index in [0.717, 1.165) is 15.6 Å². The van der Waals surface area contributed by atoms with Gasteiger partial charge in [0, 0.05) is 9.85 Å². The van der Waals surface area contributed by atoms with Gasteiger partial charge in [-0.1, -0.05) is 38.1 Å². The van der Waals surface area contributed by atoms with Gasteiger partial charge in [0.15, 0.2) is 11.4 Å². The first-order chi connectivity index (χ1) is 12.8. The van der Waals surface area contributed by atoms with Gasteiger partial charge < -0.3 is 4.48 Å². The van der Waals surface area contributed by atoms with E-state index < -0.39 is 9.85 Å². The van der Waals surface area contributed by atoms with Crippen LogP contribution >= 0.6 is 18.4 Å². The molecule has 7 nitrogen and oxygen atoms in total. The molecule has 0 saturated heterocycles. The molecule has 28 heavy (non-hydrogen) atoms. The Morgan fingerprint density at radius 1 is 0.821 bits per heavy atom. The van der Waals surface area contributed by atoms with E-state index in [-0.39, 0.29) is 29.0 Å². The number of benzene rings is 2. The van der Waals surface area contributed by atoms with Gasteiger partial charge in [-0.3, -0.25) is 20.2 Å². The molecule has 10 heteroatoms. The standard InChI is InChI=1S/2C7H6NO2.C4H12N.Au.2ClH/c2*1-6-3-2-4-7(5-6)8(9)10;1-5(2,3)4;;;/h2*2-4H,1H3;1-4H3;;2*1H/q2*-1;2*+1;;/p-2. The van der Waals surface area contributed by atoms with E-state index >= 15 is 0 Å². The third kappa shape index (κ3) is 19.3. The fourth-order valence-corrected chi connectivity index (χ4v) is 1.35. The fourth-order valence-electron chi connectivity index (χ4n) is 1.35. The minimum absolute atomic E-state index is 0.0278. The Hall–Kier alpha value is -1.48. The molecule has 0 aromatic heterocycles. The van der Waals surface area contributed by atoms with E-state index in [0.29, 0.717) is 0 Å². The van der Waals surface area contributed by atoms with Crippen LogP contribution in [0, 0.1) is 46.2 Å². The monoisotopic (exact) mass is 613 g/mol. The Morgan fingerprint density at radius 3 is 1.21 bits per heavy atom. The second kappa shape index (κ2) is 15.4. The summed E-state index contributed by atoms with van der Waals surface area (Å²) >= 11 is -0.389. The van der Waals surface area contributed by atoms with E-state index in [1.54, 1.807) is 38.1 Å². The Morgan fingerprint density at radius 2 is 1.07 bits per heavy atom. The van der Waals surface area contributed by atoms with Gasteiger partial charge >= 0.3 is 36.0 Å². The molecule has 2 aromatic carbocycles. The third-order valence-electron chi connectivity index (χ3n) is 2.24. The molecule has 0 saturated carbocycles. The number of quaternary nitrogens is 1. The number of nitro benzene ring substituents is 2. The van der Waals surface area contributed by atoms with Crippen molar-refractivity contribution in [3.63, 3.8) is 0 Å². The third-order valence-corrected chi connectivity index (χ3v) is 2.24. The molecule has 162 valence electrons. The zero-order chi connectivity index (χ0) is 22.3. The first kappa shape index (κ1) is 28.7. The average molecular weight is 614 g/mol. The predicted molar refractivity (Wildman–Crippen MR) is 109 cm³/mol. The van der Waals surface area contributed by atoms with Crippen LogP contribution in [0.15, 0.2) is 36.4 Å². The van der Waals surface area contributed by atoms with Crippen LogP contribution < -0.4 is 0 Å². The number of nitrogens with zero attached hydrogens (tertiary/aromatic N) is 3. The molecule has 0 fully saturated rings. The summed E-state index contributed by atoms with van der Waals surface area (Å²) in [5, 5.41) is 20.3. The van der Waals surface area contributed by atoms with Crippen molar-refractivity contribution in [2.45, 2.75) is 13.8 Å². The summed E-state index contributed by atoms with van der Waals surface area (Å²) in [6.07, 6.45) is 0. The van der Waals surface area contributed by atoms with Gasteiger partial charge in [-0.2, -0.15) is 35.4 Å². The van der Waals surface area contributed by atoms with Gasteiger partial charge in [-0.25, -0.2) is 0 Å². The van der Waals surface area contributed by atoms with Crippen molar-refractivity contribution in [2.75, 3.05) is 28.2 Å². The summed E-state index contributed by atoms with van der Waals surface area (Å²) < 4.78 is 1.00. The first-order valence-corrected chi connectivity index (χ1v) is 13.1. The quantitative estimate of drug-likeness (QED) is 0.155. The van der Waals surface area contributed by atoms with Gasteiger partial charge in [-0.15, -0.1) is 0 Å². The van der Waals surface area contributed by atoms with E-state index in [2.05, 4.69) is 40.3 Å². The van der Waals surface area contributed by atoms with Crippen LogP contribution in [0.1, 0.15) is 11.1 Å². The maximum absolute atomic E-state index is 10.1. The van der Waals surface area contributed by atoms with Crippen LogP contribution in [0.2, 0.25) is 0 Å². The van der Waals surface area contributed by atoms with Crippen molar-refractivity contribution in [3.05, 3.63) is 79.9 Å². The number of non-ortho nitro benzene ring substituents is 2. The van der Waals surface area contributed by atoms with Crippen LogP contribution in [0.4, 0.5) is 11.4 Å². The molecule has 0 amide bonds. The molecule has 0 radical (unpaired) electrons. The number of rotatable bonds is 2. The Bertz CT molecular complexity index is 679. The topological polar surface area (TPSA) is 86.3 Å². The second-order valence-corrected chi connectivity index (χ2v) is 9.81. The normalized spacial score (nSPS) is 9.57. The summed E-state index contributed by atoms with van der Waals surface area (Å²) in [6.45, 7) is 3.54. The van der Waals surface area contributed by atoms with E-state index in [9.17, 15) is 20.2 Å². The van der Waals surface area contributed by atoms with Gasteiger partial charge in [-0.05, 0) is 0 Å². The SMILES string of the molecule is C[N+](C)(C)C.Cc1[c-]c([N+](=O)[O-])ccc1.Cc1[c-]c([N+](=O)[O-])ccc1.[Cl][Au-][Cl]. The Labute approximate surface area is 183 Å². The van der Waals surface area contributed by atoms with Crippen molar-refractivity contribution in [3.8, 4) is 0 Å². The zero-order valence-corrected chi connectivity index (χ0v) is 20.2. The maximum atomic E-state index is 10.1. The number of halogens is 2. The second-order valence-electron chi connectivity index (χ2n) is 6.68. The van der Waals surface area contributed by atoms with Crippen molar-refractivity contribution in [2.24, 2.45) is 0 Å². The first-order valence-electron chi connectivity index (χ1n) is 7.68. The summed E-state index contributed by atoms with van der Waals surface area (Å²) in [5.74, 6) is 0. The molecule has 0 N–H and O–H groups in total. The van der Waals surface area contributed by atoms with Crippen LogP contribution in [0.25, 0.3) is 0 Å². The molecule has 2 rings (SSSR count). The number of nitro groups is 2. The number of hydrogen-bond acceptors (Lipinski definition) is 4. The molecule has 0 aliphatic rings. The molecule has 0 aliphatic heterocycles. The molecular weight excluding hydrogens is 590 g/mol. The van der Waals surface area contributed by atoms with Gasteiger partial charge in [0.1, 0.15) is 0 Å². The summed E-state index contributed by atoms with van der Waals surface area (Å²) in [4.78, 5) is 19.4. The fraction of sp³-hybridized carbons (Fsp3) is 0.333. The van der Waals surface area contributed by atoms with Crippen LogP contribution in [-0.2, 0) is 17.6 Å². The van der Waals surface area contributed by atoms with Crippen LogP contribution in [0.5, 0.6) is 0 Å². The van der Waals surface area contributed by atoms with Crippen molar-refractivity contribution in [1.82, 2.24) is 0 Å². The van der Waals surface area contributed by atoms with Crippen LogP contribution in [0.3, 0.4) is 0 Å². The molecule has 0 atom stereocenters. The van der Waals surface area contributed by atoms with Crippen molar-refractivity contribution >= 4 is 29.8 Å². The Balaban J connectivity index is 0. The minimum atomic E-state index is -0.451. The summed E-state index contributed by atoms with van der Waals surface area (Å²) in [5.41, 5.74) is 1.63. The van der Waals surface area contributed by atoms with E-state index in [4.69, 9.17) is 18.4 Å².